The number of hydrazine groups is 1. The van der Waals surface area contributed by atoms with Crippen LogP contribution < -0.4 is 10.9 Å². The van der Waals surface area contributed by atoms with E-state index in [1.807, 2.05) is 13.8 Å². The summed E-state index contributed by atoms with van der Waals surface area (Å²) >= 11 is 0. The summed E-state index contributed by atoms with van der Waals surface area (Å²) in [5.41, 5.74) is 5.27. The molecule has 1 aromatic rings. The van der Waals surface area contributed by atoms with Gasteiger partial charge in [0.25, 0.3) is 5.91 Å². The van der Waals surface area contributed by atoms with Crippen LogP contribution in [0.2, 0.25) is 0 Å². The van der Waals surface area contributed by atoms with Crippen molar-refractivity contribution in [2.75, 3.05) is 6.61 Å². The number of amides is 2. The van der Waals surface area contributed by atoms with Crippen LogP contribution in [-0.4, -0.2) is 23.7 Å². The number of phenolic OH excluding ortho intramolecular Hbond substituents is 1. The number of rotatable bonds is 3. The molecule has 6 nitrogen and oxygen atoms in total. The van der Waals surface area contributed by atoms with Gasteiger partial charge in [0.2, 0.25) is 0 Å². The molecule has 0 aliphatic carbocycles. The molecule has 19 heavy (non-hydrogen) atoms. The van der Waals surface area contributed by atoms with E-state index in [-0.39, 0.29) is 23.8 Å². The van der Waals surface area contributed by atoms with Gasteiger partial charge >= 0.3 is 6.09 Å². The SMILES string of the molecule is CCOC(=O)NNC(=O)c1cc(C(C)C)ccc1O. The maximum absolute atomic E-state index is 11.8. The second-order valence-corrected chi connectivity index (χ2v) is 4.23. The minimum absolute atomic E-state index is 0.1000. The molecule has 0 bridgehead atoms. The fourth-order valence-corrected chi connectivity index (χ4v) is 1.44. The quantitative estimate of drug-likeness (QED) is 0.729. The van der Waals surface area contributed by atoms with Crippen molar-refractivity contribution in [3.8, 4) is 5.75 Å². The highest BCUT2D eigenvalue weighted by Crippen LogP contribution is 2.22. The Morgan fingerprint density at radius 3 is 2.58 bits per heavy atom. The molecule has 0 heterocycles. The van der Waals surface area contributed by atoms with Gasteiger partial charge in [-0.3, -0.25) is 10.2 Å². The van der Waals surface area contributed by atoms with Crippen molar-refractivity contribution in [2.45, 2.75) is 26.7 Å². The number of carbonyl (C=O) groups excluding carboxylic acids is 2. The van der Waals surface area contributed by atoms with E-state index in [0.717, 1.165) is 5.56 Å². The van der Waals surface area contributed by atoms with Gasteiger partial charge in [-0.15, -0.1) is 0 Å². The van der Waals surface area contributed by atoms with Crippen LogP contribution in [0.5, 0.6) is 5.75 Å². The van der Waals surface area contributed by atoms with Crippen molar-refractivity contribution < 1.29 is 19.4 Å². The molecule has 1 aromatic carbocycles. The Morgan fingerprint density at radius 1 is 1.32 bits per heavy atom. The predicted octanol–water partition coefficient (Wildman–Crippen LogP) is 1.91. The molecule has 0 aliphatic rings. The summed E-state index contributed by atoms with van der Waals surface area (Å²) in [6, 6.07) is 4.78. The van der Waals surface area contributed by atoms with Crippen LogP contribution in [0.1, 0.15) is 42.6 Å². The molecule has 0 fully saturated rings. The summed E-state index contributed by atoms with van der Waals surface area (Å²) in [6.45, 7) is 5.81. The minimum atomic E-state index is -0.754. The zero-order chi connectivity index (χ0) is 14.4. The van der Waals surface area contributed by atoms with Gasteiger partial charge < -0.3 is 9.84 Å². The van der Waals surface area contributed by atoms with E-state index in [9.17, 15) is 14.7 Å². The lowest BCUT2D eigenvalue weighted by molar-refractivity contribution is 0.0910. The van der Waals surface area contributed by atoms with Crippen molar-refractivity contribution in [1.82, 2.24) is 10.9 Å². The lowest BCUT2D eigenvalue weighted by atomic mass is 10.00. The largest absolute Gasteiger partial charge is 0.507 e. The third kappa shape index (κ3) is 4.17. The Bertz CT molecular complexity index is 472. The van der Waals surface area contributed by atoms with Crippen LogP contribution in [0.4, 0.5) is 4.79 Å². The Morgan fingerprint density at radius 2 is 2.00 bits per heavy atom. The van der Waals surface area contributed by atoms with Crippen LogP contribution >= 0.6 is 0 Å². The average Bonchev–Trinajstić information content (AvgIpc) is 2.36. The zero-order valence-electron chi connectivity index (χ0n) is 11.2. The maximum Gasteiger partial charge on any atom is 0.426 e. The van der Waals surface area contributed by atoms with E-state index in [0.29, 0.717) is 0 Å². The van der Waals surface area contributed by atoms with Crippen LogP contribution in [0.25, 0.3) is 0 Å². The van der Waals surface area contributed by atoms with E-state index in [1.165, 1.54) is 6.07 Å². The molecule has 0 radical (unpaired) electrons. The first-order chi connectivity index (χ1) is 8.95. The molecule has 0 saturated heterocycles. The van der Waals surface area contributed by atoms with Gasteiger partial charge in [-0.1, -0.05) is 19.9 Å². The highest BCUT2D eigenvalue weighted by Gasteiger charge is 2.14. The standard InChI is InChI=1S/C13H18N2O4/c1-4-19-13(18)15-14-12(17)10-7-9(8(2)3)5-6-11(10)16/h5-8,16H,4H2,1-3H3,(H,14,17)(H,15,18). The number of phenols is 1. The van der Waals surface area contributed by atoms with Gasteiger partial charge in [0.15, 0.2) is 0 Å². The lowest BCUT2D eigenvalue weighted by Gasteiger charge is -2.11. The first kappa shape index (κ1) is 14.8. The molecular weight excluding hydrogens is 248 g/mol. The second-order valence-electron chi connectivity index (χ2n) is 4.23. The molecule has 6 heteroatoms. The van der Waals surface area contributed by atoms with Crippen LogP contribution in [0.3, 0.4) is 0 Å². The van der Waals surface area contributed by atoms with Gasteiger partial charge in [0.05, 0.1) is 12.2 Å². The molecule has 0 aromatic heterocycles. The topological polar surface area (TPSA) is 87.7 Å². The van der Waals surface area contributed by atoms with Crippen LogP contribution in [-0.2, 0) is 4.74 Å². The molecule has 2 amide bonds. The molecule has 1 rings (SSSR count). The van der Waals surface area contributed by atoms with Crippen LogP contribution in [0.15, 0.2) is 18.2 Å². The third-order valence-electron chi connectivity index (χ3n) is 2.49. The Kier molecular flexibility index (Phi) is 5.17. The summed E-state index contributed by atoms with van der Waals surface area (Å²) in [6.07, 6.45) is -0.754. The molecule has 0 saturated carbocycles. The first-order valence-electron chi connectivity index (χ1n) is 6.01. The van der Waals surface area contributed by atoms with Crippen molar-refractivity contribution in [3.63, 3.8) is 0 Å². The van der Waals surface area contributed by atoms with E-state index in [2.05, 4.69) is 15.6 Å². The molecular formula is C13H18N2O4. The van der Waals surface area contributed by atoms with Crippen molar-refractivity contribution in [2.24, 2.45) is 0 Å². The lowest BCUT2D eigenvalue weighted by Crippen LogP contribution is -2.42. The van der Waals surface area contributed by atoms with Gasteiger partial charge in [-0.05, 0) is 30.5 Å². The van der Waals surface area contributed by atoms with Gasteiger partial charge in [-0.2, -0.15) is 0 Å². The number of hydrogen-bond donors (Lipinski definition) is 3. The summed E-state index contributed by atoms with van der Waals surface area (Å²) in [5, 5.41) is 9.65. The number of hydrogen-bond acceptors (Lipinski definition) is 4. The smallest absolute Gasteiger partial charge is 0.426 e. The number of aromatic hydroxyl groups is 1. The number of nitrogens with one attached hydrogen (secondary N) is 2. The van der Waals surface area contributed by atoms with Crippen LogP contribution in [0, 0.1) is 0 Å². The number of ether oxygens (including phenoxy) is 1. The number of benzene rings is 1. The second kappa shape index (κ2) is 6.63. The summed E-state index contributed by atoms with van der Waals surface area (Å²) in [5.74, 6) is -0.522. The first-order valence-corrected chi connectivity index (χ1v) is 6.01. The normalized spacial score (nSPS) is 10.1. The van der Waals surface area contributed by atoms with E-state index >= 15 is 0 Å². The number of carbonyl (C=O) groups is 2. The van der Waals surface area contributed by atoms with E-state index < -0.39 is 12.0 Å². The highest BCUT2D eigenvalue weighted by molar-refractivity contribution is 5.97. The van der Waals surface area contributed by atoms with Crippen molar-refractivity contribution in [1.29, 1.82) is 0 Å². The Balaban J connectivity index is 2.76. The van der Waals surface area contributed by atoms with Gasteiger partial charge in [-0.25, -0.2) is 10.2 Å². The Labute approximate surface area is 111 Å². The average molecular weight is 266 g/mol. The minimum Gasteiger partial charge on any atom is -0.507 e. The Hall–Kier alpha value is -2.24. The molecule has 0 atom stereocenters. The van der Waals surface area contributed by atoms with E-state index in [1.54, 1.807) is 19.1 Å². The van der Waals surface area contributed by atoms with Crippen molar-refractivity contribution in [3.05, 3.63) is 29.3 Å². The monoisotopic (exact) mass is 266 g/mol. The maximum atomic E-state index is 11.8. The predicted molar refractivity (Wildman–Crippen MR) is 69.8 cm³/mol. The van der Waals surface area contributed by atoms with Crippen molar-refractivity contribution >= 4 is 12.0 Å². The molecule has 3 N–H and O–H groups in total. The molecule has 104 valence electrons. The summed E-state index contributed by atoms with van der Waals surface area (Å²) < 4.78 is 4.59. The molecule has 0 aliphatic heterocycles. The summed E-state index contributed by atoms with van der Waals surface area (Å²) in [4.78, 5) is 22.8. The highest BCUT2D eigenvalue weighted by atomic mass is 16.5. The van der Waals surface area contributed by atoms with Gasteiger partial charge in [0.1, 0.15) is 5.75 Å². The zero-order valence-corrected chi connectivity index (χ0v) is 11.2. The summed E-state index contributed by atoms with van der Waals surface area (Å²) in [7, 11) is 0. The van der Waals surface area contributed by atoms with E-state index in [4.69, 9.17) is 0 Å². The molecule has 0 spiro atoms. The fraction of sp³-hybridized carbons (Fsp3) is 0.385. The van der Waals surface area contributed by atoms with Gasteiger partial charge in [0, 0.05) is 0 Å². The third-order valence-corrected chi connectivity index (χ3v) is 2.49. The molecule has 0 unspecified atom stereocenters. The fourth-order valence-electron chi connectivity index (χ4n) is 1.44.